The summed E-state index contributed by atoms with van der Waals surface area (Å²) < 4.78 is 1.56. The average molecular weight is 261 g/mol. The highest BCUT2D eigenvalue weighted by Gasteiger charge is 2.09. The Balaban J connectivity index is 2.14. The predicted octanol–water partition coefficient (Wildman–Crippen LogP) is 0.702. The second-order valence-corrected chi connectivity index (χ2v) is 4.03. The van der Waals surface area contributed by atoms with Crippen LogP contribution in [0.25, 0.3) is 0 Å². The Kier molecular flexibility index (Phi) is 3.33. The molecule has 0 atom stereocenters. The summed E-state index contributed by atoms with van der Waals surface area (Å²) in [5.41, 5.74) is 6.36. The largest absolute Gasteiger partial charge is 0.389 e. The van der Waals surface area contributed by atoms with Gasteiger partial charge in [-0.3, -0.25) is 14.5 Å². The zero-order valence-corrected chi connectivity index (χ0v) is 10.4. The van der Waals surface area contributed by atoms with Crippen LogP contribution in [0, 0.1) is 0 Å². The molecule has 0 saturated carbocycles. The van der Waals surface area contributed by atoms with Gasteiger partial charge in [0.25, 0.3) is 5.91 Å². The minimum absolute atomic E-state index is 0.251. The molecule has 0 aromatic carbocycles. The van der Waals surface area contributed by atoms with Gasteiger partial charge >= 0.3 is 0 Å². The first kappa shape index (κ1) is 12.2. The van der Waals surface area contributed by atoms with Gasteiger partial charge in [0.1, 0.15) is 16.5 Å². The lowest BCUT2D eigenvalue weighted by molar-refractivity contribution is 0.102. The van der Waals surface area contributed by atoms with Crippen LogP contribution < -0.4 is 11.1 Å². The number of rotatable bonds is 3. The van der Waals surface area contributed by atoms with Crippen LogP contribution >= 0.6 is 12.2 Å². The topological polar surface area (TPSA) is 85.8 Å². The van der Waals surface area contributed by atoms with Gasteiger partial charge in [-0.15, -0.1) is 0 Å². The Morgan fingerprint density at radius 1 is 1.44 bits per heavy atom. The quantitative estimate of drug-likeness (QED) is 0.794. The molecular weight excluding hydrogens is 250 g/mol. The van der Waals surface area contributed by atoms with E-state index < -0.39 is 0 Å². The highest BCUT2D eigenvalue weighted by molar-refractivity contribution is 7.80. The molecule has 0 aliphatic carbocycles. The van der Waals surface area contributed by atoms with Crippen molar-refractivity contribution in [1.29, 1.82) is 0 Å². The molecule has 0 unspecified atom stereocenters. The number of amides is 1. The van der Waals surface area contributed by atoms with Crippen molar-refractivity contribution in [2.24, 2.45) is 12.8 Å². The van der Waals surface area contributed by atoms with Crippen LogP contribution in [0.15, 0.2) is 30.6 Å². The van der Waals surface area contributed by atoms with Gasteiger partial charge < -0.3 is 11.1 Å². The fourth-order valence-corrected chi connectivity index (χ4v) is 1.47. The molecule has 0 aliphatic rings. The molecule has 2 heterocycles. The zero-order chi connectivity index (χ0) is 13.1. The molecule has 92 valence electrons. The Morgan fingerprint density at radius 2 is 2.22 bits per heavy atom. The van der Waals surface area contributed by atoms with E-state index in [4.69, 9.17) is 18.0 Å². The van der Waals surface area contributed by atoms with Gasteiger partial charge in [0.2, 0.25) is 0 Å². The standard InChI is InChI=1S/C11H11N5OS/c1-16-9(4-5-14-16)15-11(17)8-3-2-7(6-13-8)10(12)18/h2-6H,1H3,(H2,12,18)(H,15,17). The summed E-state index contributed by atoms with van der Waals surface area (Å²) >= 11 is 4.81. The summed E-state index contributed by atoms with van der Waals surface area (Å²) in [4.78, 5) is 16.1. The second kappa shape index (κ2) is 4.92. The maximum Gasteiger partial charge on any atom is 0.275 e. The number of pyridine rings is 1. The number of anilines is 1. The van der Waals surface area contributed by atoms with Gasteiger partial charge in [-0.1, -0.05) is 12.2 Å². The van der Waals surface area contributed by atoms with E-state index >= 15 is 0 Å². The van der Waals surface area contributed by atoms with E-state index in [2.05, 4.69) is 15.4 Å². The van der Waals surface area contributed by atoms with Crippen molar-refractivity contribution in [3.63, 3.8) is 0 Å². The number of nitrogens with two attached hydrogens (primary N) is 1. The van der Waals surface area contributed by atoms with Gasteiger partial charge in [-0.05, 0) is 12.1 Å². The van der Waals surface area contributed by atoms with Crippen molar-refractivity contribution in [3.8, 4) is 0 Å². The Hall–Kier alpha value is -2.28. The molecule has 1 amide bonds. The fraction of sp³-hybridized carbons (Fsp3) is 0.0909. The van der Waals surface area contributed by atoms with Crippen molar-refractivity contribution in [3.05, 3.63) is 41.9 Å². The highest BCUT2D eigenvalue weighted by atomic mass is 32.1. The third kappa shape index (κ3) is 2.51. The minimum atomic E-state index is -0.312. The second-order valence-electron chi connectivity index (χ2n) is 3.59. The Bertz CT molecular complexity index is 590. The fourth-order valence-electron chi connectivity index (χ4n) is 1.35. The van der Waals surface area contributed by atoms with E-state index in [1.165, 1.54) is 6.20 Å². The van der Waals surface area contributed by atoms with Crippen molar-refractivity contribution < 1.29 is 4.79 Å². The first-order chi connectivity index (χ1) is 8.58. The van der Waals surface area contributed by atoms with E-state index in [0.717, 1.165) is 0 Å². The Labute approximate surface area is 109 Å². The number of hydrogen-bond acceptors (Lipinski definition) is 4. The summed E-state index contributed by atoms with van der Waals surface area (Å²) in [6.07, 6.45) is 3.07. The van der Waals surface area contributed by atoms with Crippen molar-refractivity contribution >= 4 is 28.9 Å². The van der Waals surface area contributed by atoms with Crippen LogP contribution in [-0.2, 0) is 7.05 Å². The van der Waals surface area contributed by atoms with Gasteiger partial charge in [0.05, 0.1) is 6.20 Å². The highest BCUT2D eigenvalue weighted by Crippen LogP contribution is 2.07. The number of carbonyl (C=O) groups excluding carboxylic acids is 1. The first-order valence-electron chi connectivity index (χ1n) is 5.13. The molecule has 0 saturated heterocycles. The molecular formula is C11H11N5OS. The van der Waals surface area contributed by atoms with Crippen LogP contribution in [0.4, 0.5) is 5.82 Å². The van der Waals surface area contributed by atoms with Gasteiger partial charge in [-0.2, -0.15) is 5.10 Å². The number of hydrogen-bond donors (Lipinski definition) is 2. The lowest BCUT2D eigenvalue weighted by Gasteiger charge is -2.05. The molecule has 6 nitrogen and oxygen atoms in total. The van der Waals surface area contributed by atoms with Crippen molar-refractivity contribution in [1.82, 2.24) is 14.8 Å². The third-order valence-electron chi connectivity index (χ3n) is 2.34. The molecule has 0 spiro atoms. The van der Waals surface area contributed by atoms with Crippen LogP contribution in [0.5, 0.6) is 0 Å². The van der Waals surface area contributed by atoms with E-state index in [1.54, 1.807) is 36.1 Å². The van der Waals surface area contributed by atoms with E-state index in [1.807, 2.05) is 0 Å². The molecule has 2 aromatic heterocycles. The van der Waals surface area contributed by atoms with Crippen LogP contribution in [0.2, 0.25) is 0 Å². The van der Waals surface area contributed by atoms with E-state index in [9.17, 15) is 4.79 Å². The predicted molar refractivity (Wildman–Crippen MR) is 71.3 cm³/mol. The molecule has 2 aromatic rings. The van der Waals surface area contributed by atoms with Gasteiger partial charge in [0.15, 0.2) is 0 Å². The summed E-state index contributed by atoms with van der Waals surface area (Å²) in [5.74, 6) is 0.285. The smallest absolute Gasteiger partial charge is 0.275 e. The van der Waals surface area contributed by atoms with Gasteiger partial charge in [0, 0.05) is 24.9 Å². The number of thiocarbonyl (C=S) groups is 1. The maximum atomic E-state index is 11.9. The summed E-state index contributed by atoms with van der Waals surface area (Å²) in [6, 6.07) is 4.93. The van der Waals surface area contributed by atoms with Crippen molar-refractivity contribution in [2.75, 3.05) is 5.32 Å². The van der Waals surface area contributed by atoms with Crippen molar-refractivity contribution in [2.45, 2.75) is 0 Å². The lowest BCUT2D eigenvalue weighted by atomic mass is 10.2. The number of aryl methyl sites for hydroxylation is 1. The van der Waals surface area contributed by atoms with E-state index in [-0.39, 0.29) is 16.6 Å². The van der Waals surface area contributed by atoms with E-state index in [0.29, 0.717) is 11.4 Å². The zero-order valence-electron chi connectivity index (χ0n) is 9.62. The maximum absolute atomic E-state index is 11.9. The van der Waals surface area contributed by atoms with Crippen LogP contribution in [0.1, 0.15) is 16.1 Å². The molecule has 0 radical (unpaired) electrons. The minimum Gasteiger partial charge on any atom is -0.389 e. The normalized spacial score (nSPS) is 10.1. The van der Waals surface area contributed by atoms with Crippen LogP contribution in [-0.4, -0.2) is 25.7 Å². The molecule has 3 N–H and O–H groups in total. The third-order valence-corrected chi connectivity index (χ3v) is 2.58. The average Bonchev–Trinajstić information content (AvgIpc) is 2.75. The number of carbonyl (C=O) groups is 1. The first-order valence-corrected chi connectivity index (χ1v) is 5.54. The number of aromatic nitrogens is 3. The Morgan fingerprint density at radius 3 is 2.72 bits per heavy atom. The lowest BCUT2D eigenvalue weighted by Crippen LogP contribution is -2.17. The molecule has 0 fully saturated rings. The van der Waals surface area contributed by atoms with Gasteiger partial charge in [-0.25, -0.2) is 0 Å². The monoisotopic (exact) mass is 261 g/mol. The SMILES string of the molecule is Cn1nccc1NC(=O)c1ccc(C(N)=S)cn1. The molecule has 18 heavy (non-hydrogen) atoms. The number of nitrogens with one attached hydrogen (secondary N) is 1. The summed E-state index contributed by atoms with van der Waals surface area (Å²) in [7, 11) is 1.74. The number of nitrogens with zero attached hydrogens (tertiary/aromatic N) is 3. The summed E-state index contributed by atoms with van der Waals surface area (Å²) in [6.45, 7) is 0. The van der Waals surface area contributed by atoms with Crippen LogP contribution in [0.3, 0.4) is 0 Å². The molecule has 0 aliphatic heterocycles. The summed E-state index contributed by atoms with van der Waals surface area (Å²) in [5, 5.41) is 6.64. The molecule has 2 rings (SSSR count). The molecule has 7 heteroatoms. The molecule has 0 bridgehead atoms.